The summed E-state index contributed by atoms with van der Waals surface area (Å²) in [5, 5.41) is 0. The first kappa shape index (κ1) is 9.05. The van der Waals surface area contributed by atoms with Crippen molar-refractivity contribution in [3.63, 3.8) is 0 Å². The second kappa shape index (κ2) is 4.76. The predicted molar refractivity (Wildman–Crippen MR) is 49.7 cm³/mol. The molecule has 1 fully saturated rings. The summed E-state index contributed by atoms with van der Waals surface area (Å²) in [6, 6.07) is 0. The third-order valence-electron chi connectivity index (χ3n) is 2.45. The van der Waals surface area contributed by atoms with Gasteiger partial charge < -0.3 is 4.90 Å². The Bertz CT molecular complexity index is 93.0. The van der Waals surface area contributed by atoms with Crippen LogP contribution in [0.4, 0.5) is 0 Å². The summed E-state index contributed by atoms with van der Waals surface area (Å²) in [6.07, 6.45) is 5.66. The van der Waals surface area contributed by atoms with Crippen LogP contribution in [0, 0.1) is 5.92 Å². The third kappa shape index (κ3) is 3.76. The molecule has 0 unspecified atom stereocenters. The fourth-order valence-electron chi connectivity index (χ4n) is 1.73. The Morgan fingerprint density at radius 3 is 2.36 bits per heavy atom. The SMILES string of the molecule is CC(C)CCCN1CCCC1. The van der Waals surface area contributed by atoms with Crippen LogP contribution in [0.25, 0.3) is 0 Å². The van der Waals surface area contributed by atoms with Gasteiger partial charge in [0.25, 0.3) is 0 Å². The molecule has 1 aliphatic rings. The Kier molecular flexibility index (Phi) is 3.92. The van der Waals surface area contributed by atoms with Crippen LogP contribution in [-0.2, 0) is 0 Å². The van der Waals surface area contributed by atoms with E-state index in [2.05, 4.69) is 18.7 Å². The van der Waals surface area contributed by atoms with Gasteiger partial charge in [0, 0.05) is 0 Å². The van der Waals surface area contributed by atoms with Gasteiger partial charge in [-0.2, -0.15) is 0 Å². The van der Waals surface area contributed by atoms with Crippen molar-refractivity contribution < 1.29 is 0 Å². The normalized spacial score (nSPS) is 19.9. The van der Waals surface area contributed by atoms with Crippen LogP contribution in [0.3, 0.4) is 0 Å². The molecule has 0 atom stereocenters. The third-order valence-corrected chi connectivity index (χ3v) is 2.45. The van der Waals surface area contributed by atoms with Gasteiger partial charge in [0.1, 0.15) is 0 Å². The summed E-state index contributed by atoms with van der Waals surface area (Å²) in [7, 11) is 0. The number of hydrogen-bond donors (Lipinski definition) is 0. The van der Waals surface area contributed by atoms with Gasteiger partial charge in [-0.15, -0.1) is 0 Å². The van der Waals surface area contributed by atoms with Crippen molar-refractivity contribution in [3.8, 4) is 0 Å². The zero-order valence-electron chi connectivity index (χ0n) is 7.97. The molecule has 0 amide bonds. The molecule has 0 aromatic rings. The topological polar surface area (TPSA) is 3.24 Å². The first-order valence-corrected chi connectivity index (χ1v) is 5.01. The van der Waals surface area contributed by atoms with Gasteiger partial charge >= 0.3 is 0 Å². The van der Waals surface area contributed by atoms with E-state index in [1.807, 2.05) is 0 Å². The Morgan fingerprint density at radius 1 is 1.18 bits per heavy atom. The molecule has 1 saturated heterocycles. The maximum absolute atomic E-state index is 2.60. The summed E-state index contributed by atoms with van der Waals surface area (Å²) in [4.78, 5) is 2.60. The Hall–Kier alpha value is -0.0400. The second-order valence-electron chi connectivity index (χ2n) is 4.08. The molecule has 1 nitrogen and oxygen atoms in total. The standard InChI is InChI=1S/C10H21N/c1-10(2)6-5-9-11-7-3-4-8-11/h10H,3-9H2,1-2H3. The molecule has 1 heterocycles. The van der Waals surface area contributed by atoms with Crippen LogP contribution in [0.15, 0.2) is 0 Å². The fraction of sp³-hybridized carbons (Fsp3) is 1.00. The van der Waals surface area contributed by atoms with Crippen LogP contribution in [0.1, 0.15) is 39.5 Å². The maximum Gasteiger partial charge on any atom is -0.00183 e. The van der Waals surface area contributed by atoms with Gasteiger partial charge in [0.15, 0.2) is 0 Å². The van der Waals surface area contributed by atoms with Crippen molar-refractivity contribution in [2.75, 3.05) is 19.6 Å². The molecule has 0 aromatic heterocycles. The molecule has 1 heteroatoms. The van der Waals surface area contributed by atoms with E-state index in [1.54, 1.807) is 0 Å². The summed E-state index contributed by atoms with van der Waals surface area (Å²) < 4.78 is 0. The highest BCUT2D eigenvalue weighted by atomic mass is 15.1. The van der Waals surface area contributed by atoms with E-state index in [0.29, 0.717) is 0 Å². The lowest BCUT2D eigenvalue weighted by Crippen LogP contribution is -2.20. The van der Waals surface area contributed by atoms with E-state index in [-0.39, 0.29) is 0 Å². The lowest BCUT2D eigenvalue weighted by Gasteiger charge is -2.14. The zero-order valence-corrected chi connectivity index (χ0v) is 7.97. The average Bonchev–Trinajstić information content (AvgIpc) is 2.39. The highest BCUT2D eigenvalue weighted by Gasteiger charge is 2.10. The van der Waals surface area contributed by atoms with Gasteiger partial charge in [-0.25, -0.2) is 0 Å². The molecule has 0 N–H and O–H groups in total. The van der Waals surface area contributed by atoms with Crippen LogP contribution in [-0.4, -0.2) is 24.5 Å². The molecule has 0 saturated carbocycles. The molecule has 66 valence electrons. The van der Waals surface area contributed by atoms with E-state index >= 15 is 0 Å². The largest absolute Gasteiger partial charge is 0.303 e. The second-order valence-corrected chi connectivity index (χ2v) is 4.08. The first-order valence-electron chi connectivity index (χ1n) is 5.01. The Morgan fingerprint density at radius 2 is 1.82 bits per heavy atom. The molecule has 0 radical (unpaired) electrons. The van der Waals surface area contributed by atoms with Gasteiger partial charge in [-0.1, -0.05) is 13.8 Å². The van der Waals surface area contributed by atoms with Gasteiger partial charge in [0.05, 0.1) is 0 Å². The first-order chi connectivity index (χ1) is 5.29. The van der Waals surface area contributed by atoms with Crippen LogP contribution in [0.5, 0.6) is 0 Å². The van der Waals surface area contributed by atoms with Crippen LogP contribution < -0.4 is 0 Å². The number of likely N-dealkylation sites (tertiary alicyclic amines) is 1. The minimum Gasteiger partial charge on any atom is -0.303 e. The molecule has 1 rings (SSSR count). The Labute approximate surface area is 70.8 Å². The van der Waals surface area contributed by atoms with E-state index < -0.39 is 0 Å². The van der Waals surface area contributed by atoms with Gasteiger partial charge in [-0.3, -0.25) is 0 Å². The van der Waals surface area contributed by atoms with E-state index in [1.165, 1.54) is 45.3 Å². The maximum atomic E-state index is 2.60. The highest BCUT2D eigenvalue weighted by molar-refractivity contribution is 4.65. The molecule has 11 heavy (non-hydrogen) atoms. The molecule has 0 bridgehead atoms. The lowest BCUT2D eigenvalue weighted by atomic mass is 10.1. The summed E-state index contributed by atoms with van der Waals surface area (Å²) in [5.74, 6) is 0.887. The fourth-order valence-corrected chi connectivity index (χ4v) is 1.73. The lowest BCUT2D eigenvalue weighted by molar-refractivity contribution is 0.321. The van der Waals surface area contributed by atoms with E-state index in [9.17, 15) is 0 Å². The minimum atomic E-state index is 0.887. The van der Waals surface area contributed by atoms with E-state index in [4.69, 9.17) is 0 Å². The molecular weight excluding hydrogens is 134 g/mol. The van der Waals surface area contributed by atoms with Crippen molar-refractivity contribution in [1.29, 1.82) is 0 Å². The number of hydrogen-bond acceptors (Lipinski definition) is 1. The van der Waals surface area contributed by atoms with Crippen LogP contribution in [0.2, 0.25) is 0 Å². The number of rotatable bonds is 4. The molecule has 1 aliphatic heterocycles. The van der Waals surface area contributed by atoms with E-state index in [0.717, 1.165) is 5.92 Å². The number of nitrogens with zero attached hydrogens (tertiary/aromatic N) is 1. The predicted octanol–water partition coefficient (Wildman–Crippen LogP) is 2.52. The van der Waals surface area contributed by atoms with Crippen molar-refractivity contribution >= 4 is 0 Å². The summed E-state index contributed by atoms with van der Waals surface area (Å²) in [6.45, 7) is 8.68. The monoisotopic (exact) mass is 155 g/mol. The summed E-state index contributed by atoms with van der Waals surface area (Å²) in [5.41, 5.74) is 0. The molecule has 0 aromatic carbocycles. The Balaban J connectivity index is 1.94. The van der Waals surface area contributed by atoms with Gasteiger partial charge in [-0.05, 0) is 51.2 Å². The highest BCUT2D eigenvalue weighted by Crippen LogP contribution is 2.10. The zero-order chi connectivity index (χ0) is 8.10. The smallest absolute Gasteiger partial charge is 0.00183 e. The summed E-state index contributed by atoms with van der Waals surface area (Å²) >= 11 is 0. The average molecular weight is 155 g/mol. The van der Waals surface area contributed by atoms with Crippen molar-refractivity contribution in [2.24, 2.45) is 5.92 Å². The quantitative estimate of drug-likeness (QED) is 0.603. The van der Waals surface area contributed by atoms with Crippen molar-refractivity contribution in [2.45, 2.75) is 39.5 Å². The van der Waals surface area contributed by atoms with Crippen LogP contribution >= 0.6 is 0 Å². The minimum absolute atomic E-state index is 0.887. The molecule has 0 aliphatic carbocycles. The molecule has 0 spiro atoms. The van der Waals surface area contributed by atoms with Crippen molar-refractivity contribution in [3.05, 3.63) is 0 Å². The van der Waals surface area contributed by atoms with Crippen molar-refractivity contribution in [1.82, 2.24) is 4.90 Å². The van der Waals surface area contributed by atoms with Gasteiger partial charge in [0.2, 0.25) is 0 Å². The molecular formula is C10H21N.